The SMILES string of the molecule is COCCNc1ncnc2c1cnn2-c1cccc(C)c1. The molecule has 0 aliphatic carbocycles. The van der Waals surface area contributed by atoms with Gasteiger partial charge in [-0.15, -0.1) is 0 Å². The van der Waals surface area contributed by atoms with Crippen molar-refractivity contribution in [3.8, 4) is 5.69 Å². The monoisotopic (exact) mass is 283 g/mol. The molecule has 0 saturated heterocycles. The van der Waals surface area contributed by atoms with E-state index in [0.717, 1.165) is 22.5 Å². The molecule has 0 bridgehead atoms. The summed E-state index contributed by atoms with van der Waals surface area (Å²) in [6, 6.07) is 8.16. The summed E-state index contributed by atoms with van der Waals surface area (Å²) in [5, 5.41) is 8.57. The molecule has 0 unspecified atom stereocenters. The summed E-state index contributed by atoms with van der Waals surface area (Å²) in [7, 11) is 1.67. The Labute approximate surface area is 122 Å². The Bertz CT molecular complexity index is 753. The van der Waals surface area contributed by atoms with Gasteiger partial charge in [0, 0.05) is 13.7 Å². The molecule has 0 aliphatic heterocycles. The topological polar surface area (TPSA) is 64.9 Å². The highest BCUT2D eigenvalue weighted by molar-refractivity contribution is 5.87. The zero-order valence-electron chi connectivity index (χ0n) is 12.1. The van der Waals surface area contributed by atoms with Crippen LogP contribution in [0.4, 0.5) is 5.82 Å². The van der Waals surface area contributed by atoms with E-state index in [9.17, 15) is 0 Å². The van der Waals surface area contributed by atoms with Crippen LogP contribution in [0.1, 0.15) is 5.56 Å². The number of ether oxygens (including phenoxy) is 1. The van der Waals surface area contributed by atoms with Crippen LogP contribution in [0.5, 0.6) is 0 Å². The van der Waals surface area contributed by atoms with E-state index >= 15 is 0 Å². The van der Waals surface area contributed by atoms with Crippen molar-refractivity contribution in [2.45, 2.75) is 6.92 Å². The lowest BCUT2D eigenvalue weighted by atomic mass is 10.2. The summed E-state index contributed by atoms with van der Waals surface area (Å²) in [6.07, 6.45) is 3.33. The smallest absolute Gasteiger partial charge is 0.168 e. The largest absolute Gasteiger partial charge is 0.383 e. The Morgan fingerprint density at radius 1 is 1.29 bits per heavy atom. The van der Waals surface area contributed by atoms with Crippen LogP contribution in [0.2, 0.25) is 0 Å². The zero-order chi connectivity index (χ0) is 14.7. The predicted molar refractivity (Wildman–Crippen MR) is 81.8 cm³/mol. The van der Waals surface area contributed by atoms with Gasteiger partial charge < -0.3 is 10.1 Å². The molecule has 0 aliphatic rings. The van der Waals surface area contributed by atoms with Crippen molar-refractivity contribution in [3.63, 3.8) is 0 Å². The van der Waals surface area contributed by atoms with Gasteiger partial charge in [0.2, 0.25) is 0 Å². The highest BCUT2D eigenvalue weighted by Crippen LogP contribution is 2.21. The lowest BCUT2D eigenvalue weighted by molar-refractivity contribution is 0.210. The number of aromatic nitrogens is 4. The zero-order valence-corrected chi connectivity index (χ0v) is 12.1. The van der Waals surface area contributed by atoms with E-state index in [4.69, 9.17) is 4.74 Å². The first-order chi connectivity index (χ1) is 10.3. The average molecular weight is 283 g/mol. The van der Waals surface area contributed by atoms with E-state index in [-0.39, 0.29) is 0 Å². The van der Waals surface area contributed by atoms with Crippen molar-refractivity contribution in [2.75, 3.05) is 25.6 Å². The van der Waals surface area contributed by atoms with Crippen LogP contribution in [0.3, 0.4) is 0 Å². The van der Waals surface area contributed by atoms with Gasteiger partial charge in [0.05, 0.1) is 23.9 Å². The lowest BCUT2D eigenvalue weighted by Crippen LogP contribution is -2.09. The van der Waals surface area contributed by atoms with E-state index in [1.54, 1.807) is 19.6 Å². The summed E-state index contributed by atoms with van der Waals surface area (Å²) < 4.78 is 6.86. The first kappa shape index (κ1) is 13.5. The quantitative estimate of drug-likeness (QED) is 0.727. The Kier molecular flexibility index (Phi) is 3.79. The minimum absolute atomic E-state index is 0.623. The normalized spacial score (nSPS) is 11.0. The van der Waals surface area contributed by atoms with E-state index in [1.165, 1.54) is 5.56 Å². The Hall–Kier alpha value is -2.47. The molecule has 0 spiro atoms. The molecule has 6 nitrogen and oxygen atoms in total. The van der Waals surface area contributed by atoms with Gasteiger partial charge in [0.25, 0.3) is 0 Å². The molecule has 3 rings (SSSR count). The van der Waals surface area contributed by atoms with Crippen LogP contribution in [0.25, 0.3) is 16.7 Å². The maximum absolute atomic E-state index is 5.04. The minimum atomic E-state index is 0.623. The van der Waals surface area contributed by atoms with Gasteiger partial charge in [-0.2, -0.15) is 5.10 Å². The van der Waals surface area contributed by atoms with Crippen molar-refractivity contribution < 1.29 is 4.74 Å². The molecular formula is C15H17N5O. The molecular weight excluding hydrogens is 266 g/mol. The van der Waals surface area contributed by atoms with E-state index in [0.29, 0.717) is 13.2 Å². The van der Waals surface area contributed by atoms with Crippen molar-refractivity contribution in [2.24, 2.45) is 0 Å². The molecule has 2 heterocycles. The van der Waals surface area contributed by atoms with Crippen molar-refractivity contribution >= 4 is 16.9 Å². The molecule has 0 fully saturated rings. The van der Waals surface area contributed by atoms with Gasteiger partial charge in [-0.25, -0.2) is 14.6 Å². The predicted octanol–water partition coefficient (Wildman–Crippen LogP) is 2.18. The van der Waals surface area contributed by atoms with E-state index in [1.807, 2.05) is 16.8 Å². The number of nitrogens with zero attached hydrogens (tertiary/aromatic N) is 4. The summed E-state index contributed by atoms with van der Waals surface area (Å²) in [6.45, 7) is 3.37. The molecule has 6 heteroatoms. The van der Waals surface area contributed by atoms with Crippen LogP contribution < -0.4 is 5.32 Å². The Morgan fingerprint density at radius 2 is 2.19 bits per heavy atom. The number of aryl methyl sites for hydroxylation is 1. The third-order valence-electron chi connectivity index (χ3n) is 3.21. The molecule has 3 aromatic rings. The molecule has 0 radical (unpaired) electrons. The van der Waals surface area contributed by atoms with Crippen LogP contribution >= 0.6 is 0 Å². The molecule has 2 aromatic heterocycles. The molecule has 0 amide bonds. The number of nitrogens with one attached hydrogen (secondary N) is 1. The van der Waals surface area contributed by atoms with Gasteiger partial charge in [-0.05, 0) is 24.6 Å². The molecule has 108 valence electrons. The van der Waals surface area contributed by atoms with Crippen molar-refractivity contribution in [1.29, 1.82) is 0 Å². The number of anilines is 1. The van der Waals surface area contributed by atoms with E-state index in [2.05, 4.69) is 39.4 Å². The number of fused-ring (bicyclic) bond motifs is 1. The lowest BCUT2D eigenvalue weighted by Gasteiger charge is -2.06. The fraction of sp³-hybridized carbons (Fsp3) is 0.267. The standard InChI is InChI=1S/C15H17N5O/c1-11-4-3-5-12(8-11)20-15-13(9-19-20)14(17-10-18-15)16-6-7-21-2/h3-5,8-10H,6-7H2,1-2H3,(H,16,17,18). The van der Waals surface area contributed by atoms with Crippen LogP contribution in [-0.2, 0) is 4.74 Å². The molecule has 0 atom stereocenters. The van der Waals surface area contributed by atoms with E-state index < -0.39 is 0 Å². The van der Waals surface area contributed by atoms with Crippen LogP contribution in [-0.4, -0.2) is 40.0 Å². The number of hydrogen-bond donors (Lipinski definition) is 1. The van der Waals surface area contributed by atoms with Gasteiger partial charge in [0.1, 0.15) is 12.1 Å². The number of benzene rings is 1. The molecule has 1 aromatic carbocycles. The average Bonchev–Trinajstić information content (AvgIpc) is 2.92. The maximum Gasteiger partial charge on any atom is 0.168 e. The molecule has 1 N–H and O–H groups in total. The summed E-state index contributed by atoms with van der Waals surface area (Å²) in [5.74, 6) is 0.774. The Morgan fingerprint density at radius 3 is 3.00 bits per heavy atom. The minimum Gasteiger partial charge on any atom is -0.383 e. The Balaban J connectivity index is 2.01. The molecule has 0 saturated carbocycles. The van der Waals surface area contributed by atoms with Crippen molar-refractivity contribution in [1.82, 2.24) is 19.7 Å². The second kappa shape index (κ2) is 5.88. The summed E-state index contributed by atoms with van der Waals surface area (Å²) >= 11 is 0. The fourth-order valence-electron chi connectivity index (χ4n) is 2.21. The second-order valence-electron chi connectivity index (χ2n) is 4.77. The van der Waals surface area contributed by atoms with Gasteiger partial charge in [0.15, 0.2) is 5.65 Å². The van der Waals surface area contributed by atoms with Gasteiger partial charge >= 0.3 is 0 Å². The summed E-state index contributed by atoms with van der Waals surface area (Å²) in [4.78, 5) is 8.63. The third-order valence-corrected chi connectivity index (χ3v) is 3.21. The van der Waals surface area contributed by atoms with Crippen molar-refractivity contribution in [3.05, 3.63) is 42.4 Å². The number of hydrogen-bond acceptors (Lipinski definition) is 5. The van der Waals surface area contributed by atoms with Crippen LogP contribution in [0.15, 0.2) is 36.8 Å². The summed E-state index contributed by atoms with van der Waals surface area (Å²) in [5.41, 5.74) is 2.96. The third kappa shape index (κ3) is 2.71. The number of rotatable bonds is 5. The fourth-order valence-corrected chi connectivity index (χ4v) is 2.21. The van der Waals surface area contributed by atoms with Gasteiger partial charge in [-0.1, -0.05) is 12.1 Å². The maximum atomic E-state index is 5.04. The first-order valence-corrected chi connectivity index (χ1v) is 6.78. The first-order valence-electron chi connectivity index (χ1n) is 6.78. The highest BCUT2D eigenvalue weighted by Gasteiger charge is 2.10. The van der Waals surface area contributed by atoms with Gasteiger partial charge in [-0.3, -0.25) is 0 Å². The number of methoxy groups -OCH3 is 1. The second-order valence-corrected chi connectivity index (χ2v) is 4.77. The highest BCUT2D eigenvalue weighted by atomic mass is 16.5. The van der Waals surface area contributed by atoms with Crippen LogP contribution in [0, 0.1) is 6.92 Å². The molecule has 21 heavy (non-hydrogen) atoms.